The Hall–Kier alpha value is -0.400. The molecular formula is C13H16ClFIN3. The van der Waals surface area contributed by atoms with Crippen molar-refractivity contribution in [1.29, 1.82) is 0 Å². The van der Waals surface area contributed by atoms with Gasteiger partial charge < -0.3 is 9.47 Å². The lowest BCUT2D eigenvalue weighted by molar-refractivity contribution is 0.383. The van der Waals surface area contributed by atoms with Gasteiger partial charge in [0.2, 0.25) is 0 Å². The van der Waals surface area contributed by atoms with Crippen LogP contribution in [0.4, 0.5) is 4.39 Å². The molecule has 0 saturated heterocycles. The van der Waals surface area contributed by atoms with E-state index in [-0.39, 0.29) is 11.2 Å². The molecule has 1 unspecified atom stereocenters. The van der Waals surface area contributed by atoms with E-state index in [0.717, 1.165) is 29.9 Å². The Bertz CT molecular complexity index is 595. The molecule has 0 fully saturated rings. The number of rotatable bonds is 4. The first kappa shape index (κ1) is 15.0. The number of aromatic nitrogens is 2. The van der Waals surface area contributed by atoms with Gasteiger partial charge in [-0.2, -0.15) is 0 Å². The van der Waals surface area contributed by atoms with Gasteiger partial charge >= 0.3 is 0 Å². The van der Waals surface area contributed by atoms with Gasteiger partial charge in [-0.25, -0.2) is 9.37 Å². The van der Waals surface area contributed by atoms with E-state index >= 15 is 0 Å². The molecule has 2 rings (SSSR count). The van der Waals surface area contributed by atoms with E-state index in [4.69, 9.17) is 11.6 Å². The summed E-state index contributed by atoms with van der Waals surface area (Å²) < 4.78 is 16.3. The van der Waals surface area contributed by atoms with Crippen LogP contribution in [-0.4, -0.2) is 35.1 Å². The molecule has 1 atom stereocenters. The van der Waals surface area contributed by atoms with Crippen molar-refractivity contribution >= 4 is 45.2 Å². The van der Waals surface area contributed by atoms with E-state index in [1.807, 2.05) is 48.2 Å². The van der Waals surface area contributed by atoms with Crippen LogP contribution in [0.25, 0.3) is 11.0 Å². The highest BCUT2D eigenvalue weighted by Crippen LogP contribution is 2.27. The number of benzene rings is 1. The summed E-state index contributed by atoms with van der Waals surface area (Å²) in [7, 11) is 4.01. The minimum Gasteiger partial charge on any atom is -0.325 e. The van der Waals surface area contributed by atoms with E-state index in [1.165, 1.54) is 0 Å². The standard InChI is InChI=1S/C13H16ClFIN3/c1-8(14)13-17-11-7-10(16)9(15)6-12(11)19(13)5-4-18(2)3/h6-8H,4-5H2,1-3H3. The average Bonchev–Trinajstić information content (AvgIpc) is 2.65. The molecule has 2 aromatic rings. The van der Waals surface area contributed by atoms with Crippen LogP contribution in [-0.2, 0) is 6.54 Å². The quantitative estimate of drug-likeness (QED) is 0.582. The average molecular weight is 396 g/mol. The lowest BCUT2D eigenvalue weighted by Crippen LogP contribution is -2.19. The predicted molar refractivity (Wildman–Crippen MR) is 85.2 cm³/mol. The van der Waals surface area contributed by atoms with Crippen molar-refractivity contribution in [2.75, 3.05) is 20.6 Å². The monoisotopic (exact) mass is 395 g/mol. The molecule has 6 heteroatoms. The summed E-state index contributed by atoms with van der Waals surface area (Å²) in [6.07, 6.45) is 0. The Morgan fingerprint density at radius 3 is 2.74 bits per heavy atom. The number of imidazole rings is 1. The lowest BCUT2D eigenvalue weighted by atomic mass is 10.3. The summed E-state index contributed by atoms with van der Waals surface area (Å²) in [5.41, 5.74) is 1.61. The van der Waals surface area contributed by atoms with Crippen LogP contribution in [0.2, 0.25) is 0 Å². The van der Waals surface area contributed by atoms with Crippen molar-refractivity contribution < 1.29 is 4.39 Å². The molecule has 3 nitrogen and oxygen atoms in total. The van der Waals surface area contributed by atoms with Crippen molar-refractivity contribution in [2.24, 2.45) is 0 Å². The summed E-state index contributed by atoms with van der Waals surface area (Å²) in [4.78, 5) is 6.61. The fourth-order valence-electron chi connectivity index (χ4n) is 1.98. The predicted octanol–water partition coefficient (Wildman–Crippen LogP) is 3.64. The van der Waals surface area contributed by atoms with Gasteiger partial charge in [-0.15, -0.1) is 11.6 Å². The maximum Gasteiger partial charge on any atom is 0.138 e. The molecular weight excluding hydrogens is 380 g/mol. The molecule has 0 aliphatic carbocycles. The second-order valence-corrected chi connectivity index (χ2v) is 6.61. The lowest BCUT2D eigenvalue weighted by Gasteiger charge is -2.14. The van der Waals surface area contributed by atoms with Crippen molar-refractivity contribution in [3.8, 4) is 0 Å². The molecule has 0 saturated carbocycles. The van der Waals surface area contributed by atoms with Crippen LogP contribution in [0.1, 0.15) is 18.1 Å². The largest absolute Gasteiger partial charge is 0.325 e. The number of likely N-dealkylation sites (N-methyl/N-ethyl adjacent to an activating group) is 1. The molecule has 0 radical (unpaired) electrons. The summed E-state index contributed by atoms with van der Waals surface area (Å²) >= 11 is 8.16. The molecule has 104 valence electrons. The first-order valence-corrected chi connectivity index (χ1v) is 7.55. The minimum absolute atomic E-state index is 0.199. The fraction of sp³-hybridized carbons (Fsp3) is 0.462. The molecule has 0 N–H and O–H groups in total. The molecule has 0 amide bonds. The fourth-order valence-corrected chi connectivity index (χ4v) is 2.59. The molecule has 1 aromatic carbocycles. The third-order valence-corrected chi connectivity index (χ3v) is 3.97. The zero-order chi connectivity index (χ0) is 14.2. The third kappa shape index (κ3) is 3.20. The summed E-state index contributed by atoms with van der Waals surface area (Å²) in [6, 6.07) is 3.31. The van der Waals surface area contributed by atoms with Crippen molar-refractivity contribution in [3.63, 3.8) is 0 Å². The molecule has 0 bridgehead atoms. The summed E-state index contributed by atoms with van der Waals surface area (Å²) in [5, 5.41) is -0.199. The highest BCUT2D eigenvalue weighted by Gasteiger charge is 2.16. The molecule has 0 aliphatic heterocycles. The molecule has 0 aliphatic rings. The Morgan fingerprint density at radius 2 is 2.16 bits per heavy atom. The topological polar surface area (TPSA) is 21.1 Å². The molecule has 0 spiro atoms. The molecule has 1 heterocycles. The van der Waals surface area contributed by atoms with E-state index < -0.39 is 0 Å². The molecule has 1 aromatic heterocycles. The summed E-state index contributed by atoms with van der Waals surface area (Å²) in [5.74, 6) is 0.577. The van der Waals surface area contributed by atoms with E-state index in [9.17, 15) is 4.39 Å². The van der Waals surface area contributed by atoms with Crippen LogP contribution in [0.3, 0.4) is 0 Å². The highest BCUT2D eigenvalue weighted by atomic mass is 127. The zero-order valence-electron chi connectivity index (χ0n) is 11.1. The maximum absolute atomic E-state index is 13.7. The second-order valence-electron chi connectivity index (χ2n) is 4.80. The Morgan fingerprint density at radius 1 is 1.47 bits per heavy atom. The SMILES string of the molecule is CC(Cl)c1nc2cc(I)c(F)cc2n1CCN(C)C. The van der Waals surface area contributed by atoms with Gasteiger partial charge in [-0.1, -0.05) is 0 Å². The van der Waals surface area contributed by atoms with E-state index in [2.05, 4.69) is 9.88 Å². The smallest absolute Gasteiger partial charge is 0.138 e. The van der Waals surface area contributed by atoms with Gasteiger partial charge in [-0.3, -0.25) is 0 Å². The third-order valence-electron chi connectivity index (χ3n) is 2.95. The van der Waals surface area contributed by atoms with Crippen LogP contribution in [0, 0.1) is 9.39 Å². The van der Waals surface area contributed by atoms with E-state index in [1.54, 1.807) is 12.1 Å². The van der Waals surface area contributed by atoms with Crippen molar-refractivity contribution in [2.45, 2.75) is 18.8 Å². The summed E-state index contributed by atoms with van der Waals surface area (Å²) in [6.45, 7) is 3.49. The number of halogens is 3. The zero-order valence-corrected chi connectivity index (χ0v) is 14.0. The number of fused-ring (bicyclic) bond motifs is 1. The van der Waals surface area contributed by atoms with Crippen molar-refractivity contribution in [3.05, 3.63) is 27.3 Å². The van der Waals surface area contributed by atoms with Gasteiger partial charge in [0.25, 0.3) is 0 Å². The second kappa shape index (κ2) is 5.93. The number of nitrogens with zero attached hydrogens (tertiary/aromatic N) is 3. The Labute approximate surface area is 130 Å². The van der Waals surface area contributed by atoms with Gasteiger partial charge in [0.05, 0.1) is 20.0 Å². The molecule has 19 heavy (non-hydrogen) atoms. The van der Waals surface area contributed by atoms with Crippen LogP contribution in [0.15, 0.2) is 12.1 Å². The van der Waals surface area contributed by atoms with Gasteiger partial charge in [0.15, 0.2) is 0 Å². The van der Waals surface area contributed by atoms with Gasteiger partial charge in [0, 0.05) is 19.2 Å². The first-order valence-electron chi connectivity index (χ1n) is 6.04. The highest BCUT2D eigenvalue weighted by molar-refractivity contribution is 14.1. The Balaban J connectivity index is 2.55. The number of hydrogen-bond acceptors (Lipinski definition) is 2. The van der Waals surface area contributed by atoms with E-state index in [0.29, 0.717) is 3.57 Å². The van der Waals surface area contributed by atoms with Gasteiger partial charge in [-0.05, 0) is 49.7 Å². The normalized spacial score (nSPS) is 13.4. The number of hydrogen-bond donors (Lipinski definition) is 0. The Kier molecular flexibility index (Phi) is 4.68. The van der Waals surface area contributed by atoms with Crippen LogP contribution >= 0.6 is 34.2 Å². The van der Waals surface area contributed by atoms with Crippen LogP contribution < -0.4 is 0 Å². The van der Waals surface area contributed by atoms with Crippen molar-refractivity contribution in [1.82, 2.24) is 14.5 Å². The van der Waals surface area contributed by atoms with Gasteiger partial charge in [0.1, 0.15) is 11.6 Å². The minimum atomic E-state index is -0.215. The number of alkyl halides is 1. The first-order chi connectivity index (χ1) is 8.90. The van der Waals surface area contributed by atoms with Crippen LogP contribution in [0.5, 0.6) is 0 Å². The maximum atomic E-state index is 13.7.